The summed E-state index contributed by atoms with van der Waals surface area (Å²) in [6.45, 7) is 2.22. The number of carboxylic acids is 1. The minimum Gasteiger partial charge on any atom is -0.507 e. The summed E-state index contributed by atoms with van der Waals surface area (Å²) in [6, 6.07) is 13.6. The molecule has 0 saturated carbocycles. The number of allylic oxidation sites excluding steroid dienone is 2. The number of amides is 2. The van der Waals surface area contributed by atoms with Crippen LogP contribution in [0.5, 0.6) is 5.75 Å². The normalized spacial score (nSPS) is 15.2. The molecule has 1 aliphatic rings. The number of nitrogens with one attached hydrogen (secondary N) is 1. The van der Waals surface area contributed by atoms with Gasteiger partial charge in [0.15, 0.2) is 0 Å². The fourth-order valence-corrected chi connectivity index (χ4v) is 4.52. The van der Waals surface area contributed by atoms with Crippen molar-refractivity contribution in [2.24, 2.45) is 0 Å². The highest BCUT2D eigenvalue weighted by Gasteiger charge is 2.31. The molecule has 33 heavy (non-hydrogen) atoms. The highest BCUT2D eigenvalue weighted by Crippen LogP contribution is 2.32. The minimum absolute atomic E-state index is 0.117. The van der Waals surface area contributed by atoms with Crippen LogP contribution in [0.15, 0.2) is 65.1 Å². The van der Waals surface area contributed by atoms with Crippen molar-refractivity contribution in [2.75, 3.05) is 11.9 Å². The van der Waals surface area contributed by atoms with E-state index >= 15 is 0 Å². The number of hydrogen-bond donors (Lipinski definition) is 3. The Kier molecular flexibility index (Phi) is 8.02. The van der Waals surface area contributed by atoms with Gasteiger partial charge in [-0.3, -0.25) is 14.5 Å². The summed E-state index contributed by atoms with van der Waals surface area (Å²) < 4.78 is 0.448. The summed E-state index contributed by atoms with van der Waals surface area (Å²) in [6.07, 6.45) is 4.29. The first-order valence-electron chi connectivity index (χ1n) is 10.1. The number of benzene rings is 2. The number of nitrogens with zero attached hydrogens (tertiary/aromatic N) is 1. The Labute approximate surface area is 200 Å². The van der Waals surface area contributed by atoms with Gasteiger partial charge in [-0.25, -0.2) is 4.79 Å². The molecule has 0 aromatic heterocycles. The largest absolute Gasteiger partial charge is 0.507 e. The number of anilines is 1. The molecule has 2 amide bonds. The Hall–Kier alpha value is -3.43. The van der Waals surface area contributed by atoms with Gasteiger partial charge >= 0.3 is 5.97 Å². The van der Waals surface area contributed by atoms with Gasteiger partial charge in [0.1, 0.15) is 15.6 Å². The molecule has 2 aromatic carbocycles. The molecule has 0 bridgehead atoms. The van der Waals surface area contributed by atoms with E-state index in [1.165, 1.54) is 34.9 Å². The van der Waals surface area contributed by atoms with Gasteiger partial charge in [-0.15, -0.1) is 0 Å². The third kappa shape index (κ3) is 6.53. The first-order chi connectivity index (χ1) is 15.7. The molecule has 170 valence electrons. The van der Waals surface area contributed by atoms with Gasteiger partial charge < -0.3 is 15.5 Å². The zero-order chi connectivity index (χ0) is 24.0. The molecule has 1 saturated heterocycles. The van der Waals surface area contributed by atoms with Crippen LogP contribution < -0.4 is 5.32 Å². The fraction of sp³-hybridized carbons (Fsp3) is 0.167. The summed E-state index contributed by atoms with van der Waals surface area (Å²) in [7, 11) is 0. The number of rotatable bonds is 8. The van der Waals surface area contributed by atoms with Crippen LogP contribution in [-0.2, 0) is 9.59 Å². The van der Waals surface area contributed by atoms with Crippen LogP contribution in [-0.4, -0.2) is 43.8 Å². The maximum atomic E-state index is 12.7. The molecule has 0 atom stereocenters. The second kappa shape index (κ2) is 10.9. The van der Waals surface area contributed by atoms with E-state index in [0.29, 0.717) is 22.2 Å². The molecule has 0 unspecified atom stereocenters. The average Bonchev–Trinajstić information content (AvgIpc) is 3.02. The van der Waals surface area contributed by atoms with Gasteiger partial charge in [-0.1, -0.05) is 60.4 Å². The lowest BCUT2D eigenvalue weighted by Crippen LogP contribution is -2.29. The van der Waals surface area contributed by atoms with Crippen molar-refractivity contribution in [1.29, 1.82) is 0 Å². The van der Waals surface area contributed by atoms with Crippen LogP contribution in [0.3, 0.4) is 0 Å². The van der Waals surface area contributed by atoms with Gasteiger partial charge in [0.05, 0.1) is 4.91 Å². The van der Waals surface area contributed by atoms with Crippen LogP contribution in [0.2, 0.25) is 0 Å². The zero-order valence-corrected chi connectivity index (χ0v) is 19.4. The van der Waals surface area contributed by atoms with E-state index in [0.717, 1.165) is 11.1 Å². The number of phenols is 1. The van der Waals surface area contributed by atoms with Gasteiger partial charge in [0.2, 0.25) is 5.91 Å². The third-order valence-electron chi connectivity index (χ3n) is 4.72. The van der Waals surface area contributed by atoms with Crippen molar-refractivity contribution in [3.05, 3.63) is 76.2 Å². The molecule has 0 radical (unpaired) electrons. The predicted octanol–water partition coefficient (Wildman–Crippen LogP) is 4.66. The van der Waals surface area contributed by atoms with Gasteiger partial charge in [-0.05, 0) is 48.8 Å². The van der Waals surface area contributed by atoms with E-state index in [-0.39, 0.29) is 35.2 Å². The zero-order valence-electron chi connectivity index (χ0n) is 17.8. The van der Waals surface area contributed by atoms with E-state index in [2.05, 4.69) is 5.32 Å². The topological polar surface area (TPSA) is 107 Å². The Morgan fingerprint density at radius 2 is 1.91 bits per heavy atom. The maximum Gasteiger partial charge on any atom is 0.339 e. The molecular weight excluding hydrogens is 460 g/mol. The Balaban J connectivity index is 1.54. The molecule has 0 aliphatic carbocycles. The molecule has 1 aliphatic heterocycles. The second-order valence-electron chi connectivity index (χ2n) is 7.32. The van der Waals surface area contributed by atoms with Crippen LogP contribution in [0.1, 0.15) is 35.7 Å². The number of carboxylic acid groups (broad SMARTS) is 1. The standard InChI is InChI=1S/C24H22N2O5S2/c1-15(12-16-6-3-2-4-7-16)13-20-22(29)26(24(32)33-20)11-5-8-21(28)25-17-9-10-19(27)18(14-17)23(30)31/h2-4,6-7,9-10,12-14,27H,5,8,11H2,1H3,(H,25,28)(H,30,31). The van der Waals surface area contributed by atoms with Gasteiger partial charge in [0.25, 0.3) is 5.91 Å². The maximum absolute atomic E-state index is 12.7. The summed E-state index contributed by atoms with van der Waals surface area (Å²) in [5, 5.41) is 21.2. The highest BCUT2D eigenvalue weighted by atomic mass is 32.2. The predicted molar refractivity (Wildman–Crippen MR) is 133 cm³/mol. The average molecular weight is 483 g/mol. The smallest absolute Gasteiger partial charge is 0.339 e. The van der Waals surface area contributed by atoms with Crippen LogP contribution >= 0.6 is 24.0 Å². The van der Waals surface area contributed by atoms with E-state index in [1.807, 2.05) is 49.4 Å². The first kappa shape index (κ1) is 24.2. The molecule has 3 rings (SSSR count). The van der Waals surface area contributed by atoms with Crippen LogP contribution in [0.25, 0.3) is 6.08 Å². The summed E-state index contributed by atoms with van der Waals surface area (Å²) in [5.74, 6) is -2.19. The number of aromatic carboxylic acids is 1. The molecule has 1 heterocycles. The molecule has 3 N–H and O–H groups in total. The van der Waals surface area contributed by atoms with Crippen molar-refractivity contribution >= 4 is 57.8 Å². The van der Waals surface area contributed by atoms with E-state index < -0.39 is 5.97 Å². The Morgan fingerprint density at radius 1 is 1.18 bits per heavy atom. The first-order valence-corrected chi connectivity index (χ1v) is 11.3. The van der Waals surface area contributed by atoms with Crippen LogP contribution in [0, 0.1) is 0 Å². The Bertz CT molecular complexity index is 1160. The SMILES string of the molecule is CC(=Cc1ccccc1)C=C1SC(=S)N(CCCC(=O)Nc2ccc(O)c(C(=O)O)c2)C1=O. The lowest BCUT2D eigenvalue weighted by atomic mass is 10.1. The molecule has 1 fully saturated rings. The monoisotopic (exact) mass is 482 g/mol. The Morgan fingerprint density at radius 3 is 2.61 bits per heavy atom. The highest BCUT2D eigenvalue weighted by molar-refractivity contribution is 8.26. The molecule has 0 spiro atoms. The van der Waals surface area contributed by atoms with E-state index in [9.17, 15) is 19.5 Å². The lowest BCUT2D eigenvalue weighted by Gasteiger charge is -2.14. The van der Waals surface area contributed by atoms with E-state index in [4.69, 9.17) is 17.3 Å². The fourth-order valence-electron chi connectivity index (χ4n) is 3.16. The summed E-state index contributed by atoms with van der Waals surface area (Å²) in [4.78, 5) is 38.1. The van der Waals surface area contributed by atoms with Gasteiger partial charge in [-0.2, -0.15) is 0 Å². The quantitative estimate of drug-likeness (QED) is 0.285. The molecular formula is C24H22N2O5S2. The number of carbonyl (C=O) groups excluding carboxylic acids is 2. The number of thioether (sulfide) groups is 1. The van der Waals surface area contributed by atoms with Crippen molar-refractivity contribution in [3.8, 4) is 5.75 Å². The van der Waals surface area contributed by atoms with Gasteiger partial charge in [0, 0.05) is 18.7 Å². The van der Waals surface area contributed by atoms with E-state index in [1.54, 1.807) is 0 Å². The molecule has 7 nitrogen and oxygen atoms in total. The van der Waals surface area contributed by atoms with Crippen molar-refractivity contribution < 1.29 is 24.6 Å². The van der Waals surface area contributed by atoms with Crippen molar-refractivity contribution in [3.63, 3.8) is 0 Å². The second-order valence-corrected chi connectivity index (χ2v) is 9.00. The van der Waals surface area contributed by atoms with Crippen molar-refractivity contribution in [1.82, 2.24) is 4.90 Å². The van der Waals surface area contributed by atoms with Crippen molar-refractivity contribution in [2.45, 2.75) is 19.8 Å². The number of thiocarbonyl (C=S) groups is 1. The molecule has 2 aromatic rings. The minimum atomic E-state index is -1.29. The molecule has 9 heteroatoms. The summed E-state index contributed by atoms with van der Waals surface area (Å²) in [5.41, 5.74) is 1.94. The lowest BCUT2D eigenvalue weighted by molar-refractivity contribution is -0.122. The summed E-state index contributed by atoms with van der Waals surface area (Å²) >= 11 is 6.58. The number of carbonyl (C=O) groups is 3. The number of aromatic hydroxyl groups is 1. The van der Waals surface area contributed by atoms with Crippen LogP contribution in [0.4, 0.5) is 5.69 Å². The number of hydrogen-bond acceptors (Lipinski definition) is 6. The third-order valence-corrected chi connectivity index (χ3v) is 6.10.